The maximum absolute atomic E-state index is 13.5. The van der Waals surface area contributed by atoms with Gasteiger partial charge in [0.2, 0.25) is 0 Å². The smallest absolute Gasteiger partial charge is 0.340 e. The maximum atomic E-state index is 13.5. The molecule has 0 spiro atoms. The van der Waals surface area contributed by atoms with Gasteiger partial charge in [0.15, 0.2) is 11.6 Å². The summed E-state index contributed by atoms with van der Waals surface area (Å²) in [7, 11) is 1.25. The second-order valence-corrected chi connectivity index (χ2v) is 4.12. The third-order valence-electron chi connectivity index (χ3n) is 2.68. The molecule has 0 unspecified atom stereocenters. The number of esters is 1. The van der Waals surface area contributed by atoms with Crippen molar-refractivity contribution in [1.82, 2.24) is 0 Å². The first-order chi connectivity index (χ1) is 8.11. The molecule has 0 aromatic heterocycles. The summed E-state index contributed by atoms with van der Waals surface area (Å²) >= 11 is 0. The van der Waals surface area contributed by atoms with Crippen LogP contribution in [0.3, 0.4) is 0 Å². The van der Waals surface area contributed by atoms with Gasteiger partial charge in [0.05, 0.1) is 19.3 Å². The van der Waals surface area contributed by atoms with Crippen LogP contribution in [0.2, 0.25) is 0 Å². The van der Waals surface area contributed by atoms with Gasteiger partial charge in [-0.15, -0.1) is 0 Å². The summed E-state index contributed by atoms with van der Waals surface area (Å²) in [5.74, 6) is -0.602. The fourth-order valence-electron chi connectivity index (χ4n) is 1.46. The molecule has 2 rings (SSSR count). The molecule has 0 amide bonds. The van der Waals surface area contributed by atoms with E-state index in [4.69, 9.17) is 10.5 Å². The highest BCUT2D eigenvalue weighted by atomic mass is 19.1. The standard InChI is InChI=1S/C12H14FNO3/c1-16-12(15)8-4-11(9(13)5-10(8)14)17-6-7-2-3-7/h4-5,7H,2-3,6,14H2,1H3. The predicted molar refractivity (Wildman–Crippen MR) is 60.4 cm³/mol. The summed E-state index contributed by atoms with van der Waals surface area (Å²) in [6.07, 6.45) is 2.22. The van der Waals surface area contributed by atoms with Gasteiger partial charge in [-0.25, -0.2) is 9.18 Å². The van der Waals surface area contributed by atoms with Crippen molar-refractivity contribution >= 4 is 11.7 Å². The number of hydrogen-bond donors (Lipinski definition) is 1. The number of halogens is 1. The molecule has 1 aromatic rings. The number of ether oxygens (including phenoxy) is 2. The van der Waals surface area contributed by atoms with Gasteiger partial charge in [-0.1, -0.05) is 0 Å². The van der Waals surface area contributed by atoms with Crippen LogP contribution in [0, 0.1) is 11.7 Å². The van der Waals surface area contributed by atoms with E-state index in [9.17, 15) is 9.18 Å². The second kappa shape index (κ2) is 4.61. The minimum absolute atomic E-state index is 0.0477. The summed E-state index contributed by atoms with van der Waals surface area (Å²) < 4.78 is 23.4. The van der Waals surface area contributed by atoms with E-state index in [1.165, 1.54) is 13.2 Å². The zero-order valence-electron chi connectivity index (χ0n) is 9.53. The van der Waals surface area contributed by atoms with Gasteiger partial charge in [-0.3, -0.25) is 0 Å². The molecule has 0 saturated heterocycles. The van der Waals surface area contributed by atoms with E-state index < -0.39 is 11.8 Å². The van der Waals surface area contributed by atoms with Crippen LogP contribution in [-0.2, 0) is 4.74 Å². The van der Waals surface area contributed by atoms with Gasteiger partial charge in [-0.2, -0.15) is 0 Å². The van der Waals surface area contributed by atoms with Gasteiger partial charge in [0.1, 0.15) is 0 Å². The molecule has 0 aliphatic heterocycles. The summed E-state index contributed by atoms with van der Waals surface area (Å²) in [5, 5.41) is 0. The SMILES string of the molecule is COC(=O)c1cc(OCC2CC2)c(F)cc1N. The van der Waals surface area contributed by atoms with E-state index in [-0.39, 0.29) is 17.0 Å². The lowest BCUT2D eigenvalue weighted by molar-refractivity contribution is 0.0601. The van der Waals surface area contributed by atoms with E-state index in [0.717, 1.165) is 18.9 Å². The van der Waals surface area contributed by atoms with Crippen LogP contribution < -0.4 is 10.5 Å². The average Bonchev–Trinajstić information content (AvgIpc) is 3.11. The molecular formula is C12H14FNO3. The number of nitrogens with two attached hydrogens (primary N) is 1. The Labute approximate surface area is 98.5 Å². The lowest BCUT2D eigenvalue weighted by Crippen LogP contribution is -2.08. The first-order valence-corrected chi connectivity index (χ1v) is 5.42. The van der Waals surface area contributed by atoms with Crippen LogP contribution in [0.1, 0.15) is 23.2 Å². The molecule has 1 aliphatic carbocycles. The summed E-state index contributed by atoms with van der Waals surface area (Å²) in [6.45, 7) is 0.474. The molecule has 92 valence electrons. The van der Waals surface area contributed by atoms with Crippen molar-refractivity contribution in [3.8, 4) is 5.75 Å². The Morgan fingerprint density at radius 1 is 1.53 bits per heavy atom. The molecule has 1 aliphatic rings. The minimum Gasteiger partial charge on any atom is -0.490 e. The van der Waals surface area contributed by atoms with Crippen LogP contribution >= 0.6 is 0 Å². The zero-order valence-corrected chi connectivity index (χ0v) is 9.53. The Balaban J connectivity index is 2.21. The largest absolute Gasteiger partial charge is 0.490 e. The molecule has 1 saturated carbocycles. The number of nitrogen functional groups attached to an aromatic ring is 1. The molecule has 2 N–H and O–H groups in total. The highest BCUT2D eigenvalue weighted by Gasteiger charge is 2.23. The summed E-state index contributed by atoms with van der Waals surface area (Å²) in [5.41, 5.74) is 5.71. The van der Waals surface area contributed by atoms with E-state index in [0.29, 0.717) is 12.5 Å². The highest BCUT2D eigenvalue weighted by molar-refractivity contribution is 5.95. The topological polar surface area (TPSA) is 61.5 Å². The molecule has 1 aromatic carbocycles. The van der Waals surface area contributed by atoms with Gasteiger partial charge in [0, 0.05) is 11.8 Å². The average molecular weight is 239 g/mol. The highest BCUT2D eigenvalue weighted by Crippen LogP contribution is 2.31. The van der Waals surface area contributed by atoms with Crippen molar-refractivity contribution in [2.24, 2.45) is 5.92 Å². The second-order valence-electron chi connectivity index (χ2n) is 4.12. The van der Waals surface area contributed by atoms with E-state index >= 15 is 0 Å². The van der Waals surface area contributed by atoms with Gasteiger partial charge in [-0.05, 0) is 24.8 Å². The van der Waals surface area contributed by atoms with Crippen molar-refractivity contribution in [3.05, 3.63) is 23.5 Å². The first kappa shape index (κ1) is 11.7. The molecule has 4 nitrogen and oxygen atoms in total. The monoisotopic (exact) mass is 239 g/mol. The molecule has 0 radical (unpaired) electrons. The number of carbonyl (C=O) groups excluding carboxylic acids is 1. The Bertz CT molecular complexity index is 444. The number of benzene rings is 1. The van der Waals surface area contributed by atoms with Gasteiger partial charge < -0.3 is 15.2 Å². The van der Waals surface area contributed by atoms with E-state index in [1.807, 2.05) is 0 Å². The maximum Gasteiger partial charge on any atom is 0.340 e. The van der Waals surface area contributed by atoms with Crippen LogP contribution in [0.4, 0.5) is 10.1 Å². The lowest BCUT2D eigenvalue weighted by Gasteiger charge is -2.10. The Morgan fingerprint density at radius 2 is 2.24 bits per heavy atom. The molecule has 17 heavy (non-hydrogen) atoms. The molecule has 0 bridgehead atoms. The summed E-state index contributed by atoms with van der Waals surface area (Å²) in [4.78, 5) is 11.4. The minimum atomic E-state index is -0.598. The summed E-state index contributed by atoms with van der Waals surface area (Å²) in [6, 6.07) is 2.37. The number of methoxy groups -OCH3 is 1. The van der Waals surface area contributed by atoms with Crippen molar-refractivity contribution in [2.75, 3.05) is 19.5 Å². The molecule has 1 fully saturated rings. The third-order valence-corrected chi connectivity index (χ3v) is 2.68. The van der Waals surface area contributed by atoms with Crippen molar-refractivity contribution < 1.29 is 18.7 Å². The number of anilines is 1. The van der Waals surface area contributed by atoms with Crippen LogP contribution in [0.5, 0.6) is 5.75 Å². The number of hydrogen-bond acceptors (Lipinski definition) is 4. The molecule has 5 heteroatoms. The van der Waals surface area contributed by atoms with E-state index in [1.54, 1.807) is 0 Å². The normalized spacial score (nSPS) is 14.5. The molecular weight excluding hydrogens is 225 g/mol. The Kier molecular flexibility index (Phi) is 3.17. The lowest BCUT2D eigenvalue weighted by atomic mass is 10.1. The van der Waals surface area contributed by atoms with Crippen LogP contribution in [0.25, 0.3) is 0 Å². The predicted octanol–water partition coefficient (Wildman–Crippen LogP) is 1.98. The fraction of sp³-hybridized carbons (Fsp3) is 0.417. The van der Waals surface area contributed by atoms with Gasteiger partial charge >= 0.3 is 5.97 Å². The fourth-order valence-corrected chi connectivity index (χ4v) is 1.46. The first-order valence-electron chi connectivity index (χ1n) is 5.42. The van der Waals surface area contributed by atoms with Crippen LogP contribution in [-0.4, -0.2) is 19.7 Å². The van der Waals surface area contributed by atoms with Crippen LogP contribution in [0.15, 0.2) is 12.1 Å². The molecule has 0 heterocycles. The van der Waals surface area contributed by atoms with Crippen molar-refractivity contribution in [2.45, 2.75) is 12.8 Å². The van der Waals surface area contributed by atoms with Gasteiger partial charge in [0.25, 0.3) is 0 Å². The molecule has 0 atom stereocenters. The zero-order chi connectivity index (χ0) is 12.4. The van der Waals surface area contributed by atoms with Crippen molar-refractivity contribution in [3.63, 3.8) is 0 Å². The van der Waals surface area contributed by atoms with E-state index in [2.05, 4.69) is 4.74 Å². The third kappa shape index (κ3) is 2.67. The van der Waals surface area contributed by atoms with Crippen molar-refractivity contribution in [1.29, 1.82) is 0 Å². The number of rotatable bonds is 4. The Morgan fingerprint density at radius 3 is 2.82 bits per heavy atom. The quantitative estimate of drug-likeness (QED) is 0.644. The number of carbonyl (C=O) groups is 1. The Hall–Kier alpha value is -1.78.